The Morgan fingerprint density at radius 1 is 1.47 bits per heavy atom. The molecule has 1 aromatic heterocycles. The van der Waals surface area contributed by atoms with Crippen molar-refractivity contribution in [3.63, 3.8) is 0 Å². The maximum absolute atomic E-state index is 11.6. The lowest BCUT2D eigenvalue weighted by molar-refractivity contribution is 0.217. The first-order valence-corrected chi connectivity index (χ1v) is 5.69. The van der Waals surface area contributed by atoms with Crippen LogP contribution in [0.1, 0.15) is 23.8 Å². The summed E-state index contributed by atoms with van der Waals surface area (Å²) in [5.74, 6) is 0.597. The molecule has 2 fully saturated rings. The molecule has 0 atom stereocenters. The van der Waals surface area contributed by atoms with E-state index in [1.807, 2.05) is 0 Å². The molecule has 2 heterocycles. The number of amides is 2. The molecule has 1 saturated heterocycles. The number of hydrazine groups is 1. The Labute approximate surface area is 90.9 Å². The van der Waals surface area contributed by atoms with Crippen LogP contribution < -0.4 is 10.3 Å². The third kappa shape index (κ3) is 1.47. The molecule has 7 heteroatoms. The molecule has 2 aliphatic rings. The van der Waals surface area contributed by atoms with Gasteiger partial charge in [0.15, 0.2) is 0 Å². The summed E-state index contributed by atoms with van der Waals surface area (Å²) < 4.78 is 0. The highest BCUT2D eigenvalue weighted by atomic mass is 32.1. The second-order valence-electron chi connectivity index (χ2n) is 3.78. The van der Waals surface area contributed by atoms with E-state index in [0.717, 1.165) is 5.01 Å². The number of carbonyl (C=O) groups is 1. The number of anilines is 1. The molecule has 15 heavy (non-hydrogen) atoms. The van der Waals surface area contributed by atoms with Crippen molar-refractivity contribution in [1.29, 1.82) is 0 Å². The topological polar surface area (TPSA) is 61.4 Å². The molecule has 6 nitrogen and oxygen atoms in total. The molecule has 1 N–H and O–H groups in total. The fraction of sp³-hybridized carbons (Fsp3) is 0.625. The van der Waals surface area contributed by atoms with Gasteiger partial charge in [-0.2, -0.15) is 0 Å². The van der Waals surface area contributed by atoms with Gasteiger partial charge in [0.05, 0.1) is 6.67 Å². The zero-order chi connectivity index (χ0) is 10.4. The number of nitrogens with one attached hydrogen (secondary N) is 1. The molecule has 3 rings (SSSR count). The highest BCUT2D eigenvalue weighted by molar-refractivity contribution is 7.15. The lowest BCUT2D eigenvalue weighted by Gasteiger charge is -2.08. The van der Waals surface area contributed by atoms with Gasteiger partial charge in [-0.1, -0.05) is 11.3 Å². The first-order chi connectivity index (χ1) is 7.25. The van der Waals surface area contributed by atoms with Crippen molar-refractivity contribution < 1.29 is 4.79 Å². The fourth-order valence-electron chi connectivity index (χ4n) is 1.47. The SMILES string of the molecule is CN1NCN(c2nnc(C3CC3)s2)C1=O. The number of aromatic nitrogens is 2. The molecule has 1 saturated carbocycles. The van der Waals surface area contributed by atoms with Gasteiger partial charge < -0.3 is 0 Å². The highest BCUT2D eigenvalue weighted by Crippen LogP contribution is 2.42. The minimum absolute atomic E-state index is 0.0755. The van der Waals surface area contributed by atoms with Crippen LogP contribution in [-0.2, 0) is 0 Å². The molecule has 1 aliphatic heterocycles. The Kier molecular flexibility index (Phi) is 1.89. The van der Waals surface area contributed by atoms with Crippen LogP contribution in [0.5, 0.6) is 0 Å². The Morgan fingerprint density at radius 3 is 2.87 bits per heavy atom. The van der Waals surface area contributed by atoms with Crippen LogP contribution in [0.2, 0.25) is 0 Å². The molecule has 2 amide bonds. The van der Waals surface area contributed by atoms with Crippen molar-refractivity contribution in [2.75, 3.05) is 18.6 Å². The van der Waals surface area contributed by atoms with Crippen LogP contribution in [-0.4, -0.2) is 35.0 Å². The molecule has 0 bridgehead atoms. The van der Waals surface area contributed by atoms with Crippen LogP contribution in [0.15, 0.2) is 0 Å². The van der Waals surface area contributed by atoms with Crippen molar-refractivity contribution in [3.05, 3.63) is 5.01 Å². The van der Waals surface area contributed by atoms with Gasteiger partial charge in [0, 0.05) is 13.0 Å². The second kappa shape index (κ2) is 3.14. The van der Waals surface area contributed by atoms with E-state index in [1.54, 1.807) is 11.9 Å². The third-order valence-electron chi connectivity index (χ3n) is 2.57. The Hall–Kier alpha value is -1.21. The summed E-state index contributed by atoms with van der Waals surface area (Å²) in [7, 11) is 1.70. The smallest absolute Gasteiger partial charge is 0.261 e. The molecular weight excluding hydrogens is 214 g/mol. The third-order valence-corrected chi connectivity index (χ3v) is 3.68. The van der Waals surface area contributed by atoms with Gasteiger partial charge in [-0.3, -0.25) is 9.91 Å². The quantitative estimate of drug-likeness (QED) is 0.806. The van der Waals surface area contributed by atoms with Crippen LogP contribution in [0.25, 0.3) is 0 Å². The lowest BCUT2D eigenvalue weighted by atomic mass is 10.5. The summed E-state index contributed by atoms with van der Waals surface area (Å²) in [6.07, 6.45) is 2.42. The molecular formula is C8H11N5OS. The molecule has 0 aromatic carbocycles. The summed E-state index contributed by atoms with van der Waals surface area (Å²) >= 11 is 1.52. The largest absolute Gasteiger partial charge is 0.341 e. The van der Waals surface area contributed by atoms with Gasteiger partial charge in [0.1, 0.15) is 5.01 Å². The van der Waals surface area contributed by atoms with Crippen molar-refractivity contribution in [1.82, 2.24) is 20.6 Å². The van der Waals surface area contributed by atoms with Gasteiger partial charge in [-0.25, -0.2) is 10.2 Å². The first kappa shape index (κ1) is 9.05. The number of urea groups is 1. The van der Waals surface area contributed by atoms with Crippen molar-refractivity contribution >= 4 is 22.5 Å². The van der Waals surface area contributed by atoms with Crippen LogP contribution in [0, 0.1) is 0 Å². The first-order valence-electron chi connectivity index (χ1n) is 4.88. The Bertz CT molecular complexity index is 401. The average Bonchev–Trinajstić information content (AvgIpc) is 2.89. The van der Waals surface area contributed by atoms with Crippen molar-refractivity contribution in [2.45, 2.75) is 18.8 Å². The maximum atomic E-state index is 11.6. The average molecular weight is 225 g/mol. The molecule has 0 radical (unpaired) electrons. The molecule has 1 aromatic rings. The van der Waals surface area contributed by atoms with E-state index in [9.17, 15) is 4.79 Å². The van der Waals surface area contributed by atoms with Gasteiger partial charge in [-0.15, -0.1) is 10.2 Å². The van der Waals surface area contributed by atoms with Crippen molar-refractivity contribution in [3.8, 4) is 0 Å². The maximum Gasteiger partial charge on any atom is 0.341 e. The van der Waals surface area contributed by atoms with Gasteiger partial charge >= 0.3 is 6.03 Å². The van der Waals surface area contributed by atoms with Gasteiger partial charge in [0.2, 0.25) is 5.13 Å². The number of rotatable bonds is 2. The fourth-order valence-corrected chi connectivity index (χ4v) is 2.48. The van der Waals surface area contributed by atoms with E-state index in [2.05, 4.69) is 15.6 Å². The Morgan fingerprint density at radius 2 is 2.27 bits per heavy atom. The van der Waals surface area contributed by atoms with Crippen LogP contribution in [0.3, 0.4) is 0 Å². The van der Waals surface area contributed by atoms with Crippen LogP contribution in [0.4, 0.5) is 9.93 Å². The van der Waals surface area contributed by atoms with Gasteiger partial charge in [0.25, 0.3) is 0 Å². The van der Waals surface area contributed by atoms with Crippen LogP contribution >= 0.6 is 11.3 Å². The predicted octanol–water partition coefficient (Wildman–Crippen LogP) is 0.749. The monoisotopic (exact) mass is 225 g/mol. The van der Waals surface area contributed by atoms with E-state index in [0.29, 0.717) is 17.7 Å². The highest BCUT2D eigenvalue weighted by Gasteiger charge is 2.32. The minimum Gasteiger partial charge on any atom is -0.261 e. The van der Waals surface area contributed by atoms with E-state index >= 15 is 0 Å². The van der Waals surface area contributed by atoms with E-state index in [4.69, 9.17) is 0 Å². The standard InChI is InChI=1S/C8H11N5OS/c1-12-8(14)13(4-9-12)7-11-10-6(15-7)5-2-3-5/h5,9H,2-4H2,1H3. The van der Waals surface area contributed by atoms with E-state index < -0.39 is 0 Å². The van der Waals surface area contributed by atoms with Crippen molar-refractivity contribution in [2.24, 2.45) is 0 Å². The predicted molar refractivity (Wildman–Crippen MR) is 55.5 cm³/mol. The summed E-state index contributed by atoms with van der Waals surface area (Å²) in [5.41, 5.74) is 2.92. The second-order valence-corrected chi connectivity index (χ2v) is 4.77. The summed E-state index contributed by atoms with van der Waals surface area (Å²) in [6.45, 7) is 0.481. The molecule has 1 aliphatic carbocycles. The van der Waals surface area contributed by atoms with Gasteiger partial charge in [-0.05, 0) is 12.8 Å². The zero-order valence-corrected chi connectivity index (χ0v) is 9.12. The minimum atomic E-state index is -0.0755. The van der Waals surface area contributed by atoms with E-state index in [-0.39, 0.29) is 6.03 Å². The normalized spacial score (nSPS) is 21.5. The zero-order valence-electron chi connectivity index (χ0n) is 8.30. The summed E-state index contributed by atoms with van der Waals surface area (Å²) in [4.78, 5) is 13.2. The molecule has 0 unspecified atom stereocenters. The number of hydrogen-bond acceptors (Lipinski definition) is 5. The number of nitrogens with zero attached hydrogens (tertiary/aromatic N) is 4. The summed E-state index contributed by atoms with van der Waals surface area (Å²) in [5, 5.41) is 11.4. The molecule has 80 valence electrons. The summed E-state index contributed by atoms with van der Waals surface area (Å²) in [6, 6.07) is -0.0755. The number of carbonyl (C=O) groups excluding carboxylic acids is 1. The van der Waals surface area contributed by atoms with E-state index in [1.165, 1.54) is 29.2 Å². The Balaban J connectivity index is 1.83. The number of hydrogen-bond donors (Lipinski definition) is 1. The lowest BCUT2D eigenvalue weighted by Crippen LogP contribution is -2.31. The molecule has 0 spiro atoms.